The van der Waals surface area contributed by atoms with Crippen LogP contribution >= 0.6 is 0 Å². The van der Waals surface area contributed by atoms with Crippen LogP contribution in [0.4, 0.5) is 0 Å². The molecular formula is C11H12N2O. The number of pyridine rings is 1. The van der Waals surface area contributed by atoms with Gasteiger partial charge in [-0.2, -0.15) is 0 Å². The monoisotopic (exact) mass is 188 g/mol. The molecule has 3 nitrogen and oxygen atoms in total. The summed E-state index contributed by atoms with van der Waals surface area (Å²) in [7, 11) is 0. The van der Waals surface area contributed by atoms with Crippen molar-refractivity contribution in [3.8, 4) is 11.8 Å². The quantitative estimate of drug-likeness (QED) is 0.665. The average Bonchev–Trinajstić information content (AvgIpc) is 2.12. The number of hydrogen-bond donors (Lipinski definition) is 1. The molecule has 1 rings (SSSR count). The SMILES string of the molecule is CC(=O)NCC#Cc1ccnc(C)c1. The Morgan fingerprint density at radius 1 is 1.64 bits per heavy atom. The third-order valence-corrected chi connectivity index (χ3v) is 1.56. The summed E-state index contributed by atoms with van der Waals surface area (Å²) < 4.78 is 0. The lowest BCUT2D eigenvalue weighted by molar-refractivity contribution is -0.118. The van der Waals surface area contributed by atoms with Crippen LogP contribution in [0.1, 0.15) is 18.2 Å². The molecule has 1 N–H and O–H groups in total. The summed E-state index contributed by atoms with van der Waals surface area (Å²) in [5.74, 6) is 5.72. The molecule has 1 amide bonds. The smallest absolute Gasteiger partial charge is 0.217 e. The van der Waals surface area contributed by atoms with Gasteiger partial charge < -0.3 is 5.32 Å². The molecule has 0 aliphatic heterocycles. The summed E-state index contributed by atoms with van der Waals surface area (Å²) in [6.45, 7) is 3.77. The molecule has 0 aliphatic rings. The molecule has 1 aromatic heterocycles. The first kappa shape index (κ1) is 10.3. The Morgan fingerprint density at radius 2 is 2.43 bits per heavy atom. The zero-order valence-corrected chi connectivity index (χ0v) is 8.29. The number of rotatable bonds is 1. The number of carbonyl (C=O) groups excluding carboxylic acids is 1. The normalized spacial score (nSPS) is 8.71. The van der Waals surface area contributed by atoms with Crippen molar-refractivity contribution >= 4 is 5.91 Å². The average molecular weight is 188 g/mol. The van der Waals surface area contributed by atoms with Crippen molar-refractivity contribution in [1.82, 2.24) is 10.3 Å². The van der Waals surface area contributed by atoms with Crippen LogP contribution in [-0.4, -0.2) is 17.4 Å². The first-order valence-electron chi connectivity index (χ1n) is 4.34. The molecule has 0 atom stereocenters. The Bertz CT molecular complexity index is 388. The lowest BCUT2D eigenvalue weighted by Gasteiger charge is -1.93. The summed E-state index contributed by atoms with van der Waals surface area (Å²) in [5.41, 5.74) is 1.86. The van der Waals surface area contributed by atoms with Gasteiger partial charge >= 0.3 is 0 Å². The fourth-order valence-corrected chi connectivity index (χ4v) is 0.938. The molecule has 0 unspecified atom stereocenters. The Labute approximate surface area is 83.6 Å². The van der Waals surface area contributed by atoms with E-state index in [1.165, 1.54) is 6.92 Å². The second-order valence-electron chi connectivity index (χ2n) is 2.90. The maximum Gasteiger partial charge on any atom is 0.217 e. The molecule has 3 heteroatoms. The third kappa shape index (κ3) is 3.72. The van der Waals surface area contributed by atoms with Gasteiger partial charge in [0.2, 0.25) is 5.91 Å². The summed E-state index contributed by atoms with van der Waals surface area (Å²) in [6, 6.07) is 3.74. The van der Waals surface area contributed by atoms with Crippen molar-refractivity contribution in [2.45, 2.75) is 13.8 Å². The highest BCUT2D eigenvalue weighted by Crippen LogP contribution is 1.97. The molecule has 72 valence electrons. The summed E-state index contributed by atoms with van der Waals surface area (Å²) in [4.78, 5) is 14.6. The van der Waals surface area contributed by atoms with E-state index in [1.807, 2.05) is 19.1 Å². The van der Waals surface area contributed by atoms with Gasteiger partial charge in [-0.05, 0) is 19.1 Å². The summed E-state index contributed by atoms with van der Waals surface area (Å²) in [5, 5.41) is 2.60. The topological polar surface area (TPSA) is 42.0 Å². The highest BCUT2D eigenvalue weighted by atomic mass is 16.1. The van der Waals surface area contributed by atoms with Crippen LogP contribution in [0, 0.1) is 18.8 Å². The van der Waals surface area contributed by atoms with Crippen molar-refractivity contribution < 1.29 is 4.79 Å². The van der Waals surface area contributed by atoms with Gasteiger partial charge in [0.15, 0.2) is 0 Å². The van der Waals surface area contributed by atoms with E-state index in [0.717, 1.165) is 11.3 Å². The van der Waals surface area contributed by atoms with E-state index in [2.05, 4.69) is 22.1 Å². The lowest BCUT2D eigenvalue weighted by Crippen LogP contribution is -2.19. The van der Waals surface area contributed by atoms with E-state index < -0.39 is 0 Å². The number of nitrogens with zero attached hydrogens (tertiary/aromatic N) is 1. The minimum atomic E-state index is -0.0646. The molecule has 0 radical (unpaired) electrons. The van der Waals surface area contributed by atoms with Crippen LogP contribution < -0.4 is 5.32 Å². The van der Waals surface area contributed by atoms with Crippen LogP contribution in [-0.2, 0) is 4.79 Å². The maximum absolute atomic E-state index is 10.5. The fourth-order valence-electron chi connectivity index (χ4n) is 0.938. The predicted molar refractivity (Wildman–Crippen MR) is 54.5 cm³/mol. The van der Waals surface area contributed by atoms with Gasteiger partial charge in [0, 0.05) is 24.4 Å². The Morgan fingerprint density at radius 3 is 3.07 bits per heavy atom. The number of aryl methyl sites for hydroxylation is 1. The molecule has 1 aromatic rings. The minimum absolute atomic E-state index is 0.0646. The zero-order valence-electron chi connectivity index (χ0n) is 8.29. The van der Waals surface area contributed by atoms with Crippen molar-refractivity contribution in [3.63, 3.8) is 0 Å². The molecule has 0 aliphatic carbocycles. The minimum Gasteiger partial charge on any atom is -0.345 e. The van der Waals surface area contributed by atoms with E-state index in [-0.39, 0.29) is 5.91 Å². The van der Waals surface area contributed by atoms with E-state index >= 15 is 0 Å². The van der Waals surface area contributed by atoms with E-state index in [1.54, 1.807) is 6.20 Å². The molecular weight excluding hydrogens is 176 g/mol. The van der Waals surface area contributed by atoms with Crippen LogP contribution in [0.15, 0.2) is 18.3 Å². The second kappa shape index (κ2) is 5.03. The maximum atomic E-state index is 10.5. The van der Waals surface area contributed by atoms with Gasteiger partial charge in [-0.3, -0.25) is 9.78 Å². The van der Waals surface area contributed by atoms with Gasteiger partial charge in [-0.25, -0.2) is 0 Å². The highest BCUT2D eigenvalue weighted by molar-refractivity contribution is 5.73. The molecule has 0 spiro atoms. The number of aromatic nitrogens is 1. The standard InChI is InChI=1S/C11H12N2O/c1-9-8-11(5-7-12-9)4-3-6-13-10(2)14/h5,7-8H,6H2,1-2H3,(H,13,14). The van der Waals surface area contributed by atoms with E-state index in [9.17, 15) is 4.79 Å². The van der Waals surface area contributed by atoms with Crippen molar-refractivity contribution in [3.05, 3.63) is 29.6 Å². The van der Waals surface area contributed by atoms with Crippen molar-refractivity contribution in [2.24, 2.45) is 0 Å². The van der Waals surface area contributed by atoms with Gasteiger partial charge in [-0.1, -0.05) is 11.8 Å². The van der Waals surface area contributed by atoms with Gasteiger partial charge in [0.1, 0.15) is 0 Å². The Hall–Kier alpha value is -1.82. The summed E-state index contributed by atoms with van der Waals surface area (Å²) >= 11 is 0. The van der Waals surface area contributed by atoms with Crippen molar-refractivity contribution in [1.29, 1.82) is 0 Å². The van der Waals surface area contributed by atoms with Crippen LogP contribution in [0.2, 0.25) is 0 Å². The van der Waals surface area contributed by atoms with E-state index in [0.29, 0.717) is 6.54 Å². The van der Waals surface area contributed by atoms with Crippen molar-refractivity contribution in [2.75, 3.05) is 6.54 Å². The molecule has 14 heavy (non-hydrogen) atoms. The molecule has 0 fully saturated rings. The molecule has 0 aromatic carbocycles. The fraction of sp³-hybridized carbons (Fsp3) is 0.273. The van der Waals surface area contributed by atoms with Crippen LogP contribution in [0.25, 0.3) is 0 Å². The molecule has 0 saturated carbocycles. The van der Waals surface area contributed by atoms with Gasteiger partial charge in [0.05, 0.1) is 6.54 Å². The second-order valence-corrected chi connectivity index (χ2v) is 2.90. The summed E-state index contributed by atoms with van der Waals surface area (Å²) in [6.07, 6.45) is 1.72. The first-order chi connectivity index (χ1) is 6.68. The Kier molecular flexibility index (Phi) is 3.69. The van der Waals surface area contributed by atoms with Crippen LogP contribution in [0.5, 0.6) is 0 Å². The predicted octanol–water partition coefficient (Wildman–Crippen LogP) is 0.878. The van der Waals surface area contributed by atoms with Gasteiger partial charge in [-0.15, -0.1) is 0 Å². The number of nitrogens with one attached hydrogen (secondary N) is 1. The molecule has 1 heterocycles. The highest BCUT2D eigenvalue weighted by Gasteiger charge is 1.88. The molecule has 0 bridgehead atoms. The number of carbonyl (C=O) groups is 1. The van der Waals surface area contributed by atoms with Crippen LogP contribution in [0.3, 0.4) is 0 Å². The lowest BCUT2D eigenvalue weighted by atomic mass is 10.2. The largest absolute Gasteiger partial charge is 0.345 e. The van der Waals surface area contributed by atoms with E-state index in [4.69, 9.17) is 0 Å². The van der Waals surface area contributed by atoms with Gasteiger partial charge in [0.25, 0.3) is 0 Å². The number of amides is 1. The number of hydrogen-bond acceptors (Lipinski definition) is 2. The zero-order chi connectivity index (χ0) is 10.4. The molecule has 0 saturated heterocycles. The Balaban J connectivity index is 2.55. The third-order valence-electron chi connectivity index (χ3n) is 1.56. The first-order valence-corrected chi connectivity index (χ1v) is 4.34.